The number of hydrogen-bond acceptors (Lipinski definition) is 2. The Bertz CT molecular complexity index is 479. The number of carbonyl (C=O) groups excluding carboxylic acids is 1. The fourth-order valence-electron chi connectivity index (χ4n) is 1.66. The van der Waals surface area contributed by atoms with Gasteiger partial charge in [0, 0.05) is 11.0 Å². The topological polar surface area (TPSA) is 26.3 Å². The molecule has 0 aliphatic rings. The number of ether oxygens (including phenoxy) is 1. The number of rotatable bonds is 4. The maximum Gasteiger partial charge on any atom is 0.168 e. The Morgan fingerprint density at radius 1 is 1.15 bits per heavy atom. The first-order chi connectivity index (χ1) is 9.00. The van der Waals surface area contributed by atoms with Crippen molar-refractivity contribution in [2.24, 2.45) is 10.8 Å². The van der Waals surface area contributed by atoms with Gasteiger partial charge in [-0.25, -0.2) is 0 Å². The number of ketones is 1. The molecule has 0 aliphatic heterocycles. The molecule has 20 heavy (non-hydrogen) atoms. The molecule has 3 heteroatoms. The van der Waals surface area contributed by atoms with E-state index in [2.05, 4.69) is 20.8 Å². The van der Waals surface area contributed by atoms with E-state index in [4.69, 9.17) is 16.3 Å². The standard InChI is InChI=1S/C17H25ClO2/c1-16(2,3)9-10-20-14-11-12(7-8-13(14)18)15(19)17(4,5)6/h7-8,11H,9-10H2,1-6H3. The zero-order chi connectivity index (χ0) is 15.6. The lowest BCUT2D eigenvalue weighted by Gasteiger charge is -2.20. The van der Waals surface area contributed by atoms with Crippen molar-refractivity contribution >= 4 is 17.4 Å². The minimum Gasteiger partial charge on any atom is -0.492 e. The van der Waals surface area contributed by atoms with Gasteiger partial charge in [0.15, 0.2) is 5.78 Å². The molecule has 0 saturated carbocycles. The predicted molar refractivity (Wildman–Crippen MR) is 84.8 cm³/mol. The minimum atomic E-state index is -0.406. The number of hydrogen-bond donors (Lipinski definition) is 0. The summed E-state index contributed by atoms with van der Waals surface area (Å²) in [4.78, 5) is 12.3. The highest BCUT2D eigenvalue weighted by Gasteiger charge is 2.23. The summed E-state index contributed by atoms with van der Waals surface area (Å²) in [6.07, 6.45) is 0.931. The van der Waals surface area contributed by atoms with Crippen LogP contribution < -0.4 is 4.74 Å². The van der Waals surface area contributed by atoms with Gasteiger partial charge in [-0.05, 0) is 30.0 Å². The van der Waals surface area contributed by atoms with Crippen LogP contribution >= 0.6 is 11.6 Å². The molecular weight excluding hydrogens is 272 g/mol. The Balaban J connectivity index is 2.85. The van der Waals surface area contributed by atoms with Crippen LogP contribution in [0.4, 0.5) is 0 Å². The van der Waals surface area contributed by atoms with Crippen LogP contribution in [0.25, 0.3) is 0 Å². The Hall–Kier alpha value is -1.02. The molecule has 0 fully saturated rings. The maximum absolute atomic E-state index is 12.3. The summed E-state index contributed by atoms with van der Waals surface area (Å²) in [5.74, 6) is 0.681. The summed E-state index contributed by atoms with van der Waals surface area (Å²) in [5, 5.41) is 0.546. The van der Waals surface area contributed by atoms with Crippen molar-refractivity contribution in [3.05, 3.63) is 28.8 Å². The van der Waals surface area contributed by atoms with E-state index in [1.807, 2.05) is 20.8 Å². The third-order valence-corrected chi connectivity index (χ3v) is 3.30. The van der Waals surface area contributed by atoms with E-state index >= 15 is 0 Å². The number of carbonyl (C=O) groups is 1. The van der Waals surface area contributed by atoms with E-state index in [9.17, 15) is 4.79 Å². The van der Waals surface area contributed by atoms with Crippen LogP contribution in [0.2, 0.25) is 5.02 Å². The molecule has 0 atom stereocenters. The summed E-state index contributed by atoms with van der Waals surface area (Å²) in [5.41, 5.74) is 0.453. The van der Waals surface area contributed by atoms with Crippen molar-refractivity contribution in [2.45, 2.75) is 48.0 Å². The van der Waals surface area contributed by atoms with Gasteiger partial charge >= 0.3 is 0 Å². The Labute approximate surface area is 127 Å². The first-order valence-electron chi connectivity index (χ1n) is 6.98. The Morgan fingerprint density at radius 3 is 2.25 bits per heavy atom. The van der Waals surface area contributed by atoms with Crippen LogP contribution in [0, 0.1) is 10.8 Å². The molecule has 0 aromatic heterocycles. The van der Waals surface area contributed by atoms with Crippen molar-refractivity contribution in [1.29, 1.82) is 0 Å². The molecular formula is C17H25ClO2. The fraction of sp³-hybridized carbons (Fsp3) is 0.588. The maximum atomic E-state index is 12.3. The van der Waals surface area contributed by atoms with Gasteiger partial charge in [-0.2, -0.15) is 0 Å². The van der Waals surface area contributed by atoms with Crippen LogP contribution in [0.3, 0.4) is 0 Å². The Morgan fingerprint density at radius 2 is 1.75 bits per heavy atom. The lowest BCUT2D eigenvalue weighted by molar-refractivity contribution is 0.0858. The Kier molecular flexibility index (Phi) is 5.26. The second-order valence-electron chi connectivity index (χ2n) is 7.38. The molecule has 2 nitrogen and oxygen atoms in total. The number of halogens is 1. The van der Waals surface area contributed by atoms with E-state index in [0.29, 0.717) is 22.9 Å². The minimum absolute atomic E-state index is 0.0924. The first kappa shape index (κ1) is 17.0. The summed E-state index contributed by atoms with van der Waals surface area (Å²) in [6.45, 7) is 12.8. The highest BCUT2D eigenvalue weighted by atomic mass is 35.5. The van der Waals surface area contributed by atoms with Gasteiger partial charge < -0.3 is 4.74 Å². The smallest absolute Gasteiger partial charge is 0.168 e. The van der Waals surface area contributed by atoms with Crippen molar-refractivity contribution in [2.75, 3.05) is 6.61 Å². The zero-order valence-electron chi connectivity index (χ0n) is 13.3. The first-order valence-corrected chi connectivity index (χ1v) is 7.36. The van der Waals surface area contributed by atoms with Gasteiger partial charge in [0.2, 0.25) is 0 Å². The molecule has 1 aromatic rings. The van der Waals surface area contributed by atoms with E-state index in [1.54, 1.807) is 18.2 Å². The average molecular weight is 297 g/mol. The normalized spacial score (nSPS) is 12.3. The second kappa shape index (κ2) is 6.17. The van der Waals surface area contributed by atoms with Gasteiger partial charge in [0.25, 0.3) is 0 Å². The van der Waals surface area contributed by atoms with Gasteiger partial charge in [0.05, 0.1) is 11.6 Å². The lowest BCUT2D eigenvalue weighted by Crippen LogP contribution is -2.20. The molecule has 0 heterocycles. The molecule has 0 saturated heterocycles. The quantitative estimate of drug-likeness (QED) is 0.697. The van der Waals surface area contributed by atoms with Crippen LogP contribution in [0.1, 0.15) is 58.3 Å². The second-order valence-corrected chi connectivity index (χ2v) is 7.79. The van der Waals surface area contributed by atoms with E-state index in [0.717, 1.165) is 6.42 Å². The molecule has 0 N–H and O–H groups in total. The summed E-state index contributed by atoms with van der Waals surface area (Å²) in [6, 6.07) is 5.23. The largest absolute Gasteiger partial charge is 0.492 e. The number of benzene rings is 1. The van der Waals surface area contributed by atoms with Crippen molar-refractivity contribution in [3.8, 4) is 5.75 Å². The molecule has 1 aromatic carbocycles. The third-order valence-electron chi connectivity index (χ3n) is 2.98. The molecule has 0 spiro atoms. The fourth-order valence-corrected chi connectivity index (χ4v) is 1.83. The van der Waals surface area contributed by atoms with Crippen molar-refractivity contribution in [1.82, 2.24) is 0 Å². The van der Waals surface area contributed by atoms with E-state index in [-0.39, 0.29) is 11.2 Å². The lowest BCUT2D eigenvalue weighted by atomic mass is 9.86. The summed E-state index contributed by atoms with van der Waals surface area (Å²) in [7, 11) is 0. The van der Waals surface area contributed by atoms with Gasteiger partial charge in [0.1, 0.15) is 5.75 Å². The molecule has 0 radical (unpaired) electrons. The molecule has 1 rings (SSSR count). The van der Waals surface area contributed by atoms with Crippen LogP contribution in [0.5, 0.6) is 5.75 Å². The predicted octanol–water partition coefficient (Wildman–Crippen LogP) is 5.38. The highest BCUT2D eigenvalue weighted by molar-refractivity contribution is 6.32. The molecule has 0 unspecified atom stereocenters. The molecule has 0 amide bonds. The molecule has 112 valence electrons. The highest BCUT2D eigenvalue weighted by Crippen LogP contribution is 2.30. The summed E-state index contributed by atoms with van der Waals surface area (Å²) >= 11 is 6.13. The van der Waals surface area contributed by atoms with E-state index in [1.165, 1.54) is 0 Å². The van der Waals surface area contributed by atoms with Crippen LogP contribution in [-0.2, 0) is 0 Å². The van der Waals surface area contributed by atoms with E-state index < -0.39 is 5.41 Å². The van der Waals surface area contributed by atoms with Gasteiger partial charge in [-0.15, -0.1) is 0 Å². The van der Waals surface area contributed by atoms with Crippen LogP contribution in [0.15, 0.2) is 18.2 Å². The SMILES string of the molecule is CC(C)(C)CCOc1cc(C(=O)C(C)(C)C)ccc1Cl. The average Bonchev–Trinajstić information content (AvgIpc) is 2.28. The summed E-state index contributed by atoms with van der Waals surface area (Å²) < 4.78 is 5.73. The van der Waals surface area contributed by atoms with Gasteiger partial charge in [-0.1, -0.05) is 53.1 Å². The van der Waals surface area contributed by atoms with Crippen molar-refractivity contribution in [3.63, 3.8) is 0 Å². The van der Waals surface area contributed by atoms with Gasteiger partial charge in [-0.3, -0.25) is 4.79 Å². The van der Waals surface area contributed by atoms with Crippen LogP contribution in [-0.4, -0.2) is 12.4 Å². The number of Topliss-reactive ketones (excluding diaryl/α,β-unsaturated/α-hetero) is 1. The molecule has 0 aliphatic carbocycles. The zero-order valence-corrected chi connectivity index (χ0v) is 14.1. The monoisotopic (exact) mass is 296 g/mol. The van der Waals surface area contributed by atoms with Crippen molar-refractivity contribution < 1.29 is 9.53 Å². The third kappa shape index (κ3) is 5.16. The molecule has 0 bridgehead atoms.